The summed E-state index contributed by atoms with van der Waals surface area (Å²) < 4.78 is 7.98. The first kappa shape index (κ1) is 23.7. The Kier molecular flexibility index (Phi) is 5.95. The molecule has 2 heterocycles. The highest BCUT2D eigenvalue weighted by atomic mass is 16.5. The summed E-state index contributed by atoms with van der Waals surface area (Å²) in [5, 5.41) is 18.4. The number of aryl methyl sites for hydroxylation is 3. The van der Waals surface area contributed by atoms with Crippen molar-refractivity contribution >= 4 is 17.0 Å². The van der Waals surface area contributed by atoms with E-state index in [2.05, 4.69) is 58.5 Å². The molecule has 1 aliphatic heterocycles. The predicted octanol–water partition coefficient (Wildman–Crippen LogP) is 5.15. The fraction of sp³-hybridized carbons (Fsp3) is 0.367. The van der Waals surface area contributed by atoms with Crippen LogP contribution in [0.2, 0.25) is 0 Å². The molecule has 3 atom stereocenters. The molecule has 190 valence electrons. The van der Waals surface area contributed by atoms with Gasteiger partial charge in [-0.3, -0.25) is 9.69 Å². The van der Waals surface area contributed by atoms with Crippen LogP contribution >= 0.6 is 0 Å². The summed E-state index contributed by atoms with van der Waals surface area (Å²) in [6, 6.07) is 19.2. The van der Waals surface area contributed by atoms with Crippen molar-refractivity contribution in [3.8, 4) is 5.75 Å². The van der Waals surface area contributed by atoms with Gasteiger partial charge in [0.2, 0.25) is 0 Å². The average Bonchev–Trinajstić information content (AvgIpc) is 3.42. The van der Waals surface area contributed by atoms with E-state index in [-0.39, 0.29) is 24.5 Å². The number of hydrogen-bond acceptors (Lipinski definition) is 5. The zero-order chi connectivity index (χ0) is 25.7. The number of carbonyl (C=O) groups is 1. The minimum Gasteiger partial charge on any atom is -0.489 e. The number of carboxylic acids is 1. The average molecular weight is 497 g/mol. The van der Waals surface area contributed by atoms with Crippen molar-refractivity contribution in [1.82, 2.24) is 19.9 Å². The Morgan fingerprint density at radius 2 is 2.00 bits per heavy atom. The van der Waals surface area contributed by atoms with Gasteiger partial charge in [-0.05, 0) is 66.6 Å². The topological polar surface area (TPSA) is 80.5 Å². The van der Waals surface area contributed by atoms with Crippen molar-refractivity contribution in [2.45, 2.75) is 57.7 Å². The lowest BCUT2D eigenvalue weighted by Crippen LogP contribution is -2.33. The fourth-order valence-electron chi connectivity index (χ4n) is 6.26. The van der Waals surface area contributed by atoms with Gasteiger partial charge in [-0.15, -0.1) is 5.10 Å². The van der Waals surface area contributed by atoms with Gasteiger partial charge in [-0.25, -0.2) is 4.68 Å². The van der Waals surface area contributed by atoms with Crippen molar-refractivity contribution in [2.75, 3.05) is 6.54 Å². The SMILES string of the molecule is Cc1c(C(CC(=O)O)c2ccc3c(c2)C(N2Cc4ccccc4O[C@@H](C)C2)CC3)ccc2c1nnn2C. The quantitative estimate of drug-likeness (QED) is 0.411. The molecule has 0 bridgehead atoms. The lowest BCUT2D eigenvalue weighted by Gasteiger charge is -2.30. The third-order valence-electron chi connectivity index (χ3n) is 8.06. The number of ether oxygens (including phenoxy) is 1. The monoisotopic (exact) mass is 496 g/mol. The third-order valence-corrected chi connectivity index (χ3v) is 8.06. The summed E-state index contributed by atoms with van der Waals surface area (Å²) in [4.78, 5) is 14.6. The van der Waals surface area contributed by atoms with Crippen LogP contribution in [-0.2, 0) is 24.8 Å². The molecule has 4 aromatic rings. The molecule has 7 heteroatoms. The summed E-state index contributed by atoms with van der Waals surface area (Å²) >= 11 is 0. The first-order valence-corrected chi connectivity index (χ1v) is 13.0. The van der Waals surface area contributed by atoms with Crippen LogP contribution in [-0.4, -0.2) is 43.6 Å². The summed E-state index contributed by atoms with van der Waals surface area (Å²) in [5.74, 6) is -0.0979. The van der Waals surface area contributed by atoms with Gasteiger partial charge in [0.1, 0.15) is 17.4 Å². The molecule has 0 saturated carbocycles. The Hall–Kier alpha value is -3.71. The van der Waals surface area contributed by atoms with Crippen LogP contribution in [0.25, 0.3) is 11.0 Å². The van der Waals surface area contributed by atoms with Crippen LogP contribution in [0.3, 0.4) is 0 Å². The van der Waals surface area contributed by atoms with Gasteiger partial charge in [0.05, 0.1) is 11.9 Å². The molecule has 37 heavy (non-hydrogen) atoms. The van der Waals surface area contributed by atoms with Crippen LogP contribution in [0.1, 0.15) is 65.1 Å². The largest absolute Gasteiger partial charge is 0.489 e. The molecule has 1 aromatic heterocycles. The second kappa shape index (κ2) is 9.30. The number of carboxylic acid groups (broad SMARTS) is 1. The molecule has 2 aliphatic rings. The van der Waals surface area contributed by atoms with Gasteiger partial charge in [-0.2, -0.15) is 0 Å². The van der Waals surface area contributed by atoms with Gasteiger partial charge in [-0.1, -0.05) is 47.7 Å². The predicted molar refractivity (Wildman–Crippen MR) is 142 cm³/mol. The van der Waals surface area contributed by atoms with Gasteiger partial charge in [0.25, 0.3) is 0 Å². The number of aliphatic carboxylic acids is 1. The molecule has 6 rings (SSSR count). The van der Waals surface area contributed by atoms with E-state index in [0.717, 1.165) is 59.4 Å². The van der Waals surface area contributed by atoms with Gasteiger partial charge in [0, 0.05) is 37.7 Å². The third kappa shape index (κ3) is 4.27. The smallest absolute Gasteiger partial charge is 0.304 e. The van der Waals surface area contributed by atoms with E-state index in [4.69, 9.17) is 4.74 Å². The van der Waals surface area contributed by atoms with E-state index in [9.17, 15) is 9.90 Å². The molecule has 1 N–H and O–H groups in total. The van der Waals surface area contributed by atoms with E-state index in [1.54, 1.807) is 4.68 Å². The minimum absolute atomic E-state index is 0.0258. The molecule has 0 amide bonds. The highest BCUT2D eigenvalue weighted by Crippen LogP contribution is 2.42. The summed E-state index contributed by atoms with van der Waals surface area (Å²) in [6.45, 7) is 5.85. The molecule has 0 spiro atoms. The number of aromatic nitrogens is 3. The van der Waals surface area contributed by atoms with Crippen LogP contribution in [0.4, 0.5) is 0 Å². The molecule has 1 aliphatic carbocycles. The standard InChI is InChI=1S/C30H32N4O3/c1-18-16-34(17-22-6-4-5-7-28(22)37-18)26-12-10-20-8-9-21(14-25(20)26)24(15-29(35)36)23-11-13-27-30(19(23)2)31-32-33(27)3/h4-9,11,13-14,18,24,26H,10,12,15-17H2,1-3H3,(H,35,36)/t18-,24?,26?/m0/s1. The summed E-state index contributed by atoms with van der Waals surface area (Å²) in [6.07, 6.45) is 2.21. The number of benzene rings is 3. The van der Waals surface area contributed by atoms with Crippen LogP contribution < -0.4 is 4.74 Å². The number of nitrogens with zero attached hydrogens (tertiary/aromatic N) is 4. The van der Waals surface area contributed by atoms with Crippen molar-refractivity contribution in [1.29, 1.82) is 0 Å². The first-order chi connectivity index (χ1) is 17.9. The maximum absolute atomic E-state index is 12.0. The van der Waals surface area contributed by atoms with Crippen molar-refractivity contribution in [3.05, 3.63) is 88.0 Å². The van der Waals surface area contributed by atoms with Crippen LogP contribution in [0.15, 0.2) is 54.6 Å². The number of hydrogen-bond donors (Lipinski definition) is 1. The Bertz CT molecular complexity index is 1490. The van der Waals surface area contributed by atoms with E-state index >= 15 is 0 Å². The molecule has 0 radical (unpaired) electrons. The molecule has 0 saturated heterocycles. The maximum Gasteiger partial charge on any atom is 0.304 e. The molecule has 3 aromatic carbocycles. The lowest BCUT2D eigenvalue weighted by molar-refractivity contribution is -0.137. The normalized spacial score (nSPS) is 20.2. The highest BCUT2D eigenvalue weighted by Gasteiger charge is 2.33. The van der Waals surface area contributed by atoms with E-state index in [0.29, 0.717) is 0 Å². The molecule has 2 unspecified atom stereocenters. The second-order valence-corrected chi connectivity index (χ2v) is 10.5. The van der Waals surface area contributed by atoms with E-state index in [1.165, 1.54) is 16.7 Å². The number of rotatable bonds is 5. The molecule has 0 fully saturated rings. The number of fused-ring (bicyclic) bond motifs is 3. The van der Waals surface area contributed by atoms with Crippen molar-refractivity contribution in [2.24, 2.45) is 7.05 Å². The Morgan fingerprint density at radius 1 is 1.16 bits per heavy atom. The van der Waals surface area contributed by atoms with Gasteiger partial charge in [0.15, 0.2) is 0 Å². The molecule has 7 nitrogen and oxygen atoms in total. The maximum atomic E-state index is 12.0. The molecular weight excluding hydrogens is 464 g/mol. The van der Waals surface area contributed by atoms with E-state index < -0.39 is 5.97 Å². The second-order valence-electron chi connectivity index (χ2n) is 10.5. The van der Waals surface area contributed by atoms with E-state index in [1.807, 2.05) is 32.2 Å². The number of para-hydroxylation sites is 1. The lowest BCUT2D eigenvalue weighted by atomic mass is 9.84. The Morgan fingerprint density at radius 3 is 2.84 bits per heavy atom. The highest BCUT2D eigenvalue weighted by molar-refractivity contribution is 5.80. The minimum atomic E-state index is -0.809. The van der Waals surface area contributed by atoms with Crippen molar-refractivity contribution in [3.63, 3.8) is 0 Å². The summed E-state index contributed by atoms with van der Waals surface area (Å²) in [7, 11) is 1.87. The fourth-order valence-corrected chi connectivity index (χ4v) is 6.26. The van der Waals surface area contributed by atoms with Gasteiger partial charge >= 0.3 is 5.97 Å². The molecular formula is C30H32N4O3. The van der Waals surface area contributed by atoms with Crippen LogP contribution in [0, 0.1) is 6.92 Å². The Labute approximate surface area is 216 Å². The van der Waals surface area contributed by atoms with Crippen LogP contribution in [0.5, 0.6) is 5.75 Å². The first-order valence-electron chi connectivity index (χ1n) is 13.0. The zero-order valence-corrected chi connectivity index (χ0v) is 21.5. The van der Waals surface area contributed by atoms with Crippen molar-refractivity contribution < 1.29 is 14.6 Å². The van der Waals surface area contributed by atoms with Gasteiger partial charge < -0.3 is 9.84 Å². The Balaban J connectivity index is 1.39. The summed E-state index contributed by atoms with van der Waals surface area (Å²) in [5.41, 5.74) is 8.69. The zero-order valence-electron chi connectivity index (χ0n) is 21.5.